The summed E-state index contributed by atoms with van der Waals surface area (Å²) in [4.78, 5) is 2.47. The van der Waals surface area contributed by atoms with E-state index in [1.54, 1.807) is 0 Å². The van der Waals surface area contributed by atoms with Gasteiger partial charge in [0.1, 0.15) is 0 Å². The van der Waals surface area contributed by atoms with Gasteiger partial charge >= 0.3 is 0 Å². The van der Waals surface area contributed by atoms with Crippen LogP contribution >= 0.6 is 0 Å². The minimum Gasteiger partial charge on any atom is -0.396 e. The fraction of sp³-hybridized carbons (Fsp3) is 0.526. The van der Waals surface area contributed by atoms with E-state index < -0.39 is 0 Å². The smallest absolute Gasteiger partial charge is 0.0659 e. The summed E-state index contributed by atoms with van der Waals surface area (Å²) in [5, 5.41) is 14.2. The summed E-state index contributed by atoms with van der Waals surface area (Å²) in [5.74, 6) is 0.468. The Morgan fingerprint density at radius 2 is 2.00 bits per heavy atom. The van der Waals surface area contributed by atoms with E-state index in [2.05, 4.69) is 34.3 Å². The molecule has 0 unspecified atom stereocenters. The standard InChI is InChI=1S/C19H25N3O2/c23-15-19-6-9-24-13-18(19)12-21(14-19)10-16-2-4-17(5-3-16)11-22-8-1-7-20-22/h1-5,7-8,18,23H,6,9-15H2/t18-,19-/m1/s1. The minimum atomic E-state index is 0.0539. The zero-order valence-corrected chi connectivity index (χ0v) is 14.0. The van der Waals surface area contributed by atoms with Gasteiger partial charge in [-0.25, -0.2) is 0 Å². The number of aliphatic hydroxyl groups excluding tert-OH is 1. The molecule has 3 heterocycles. The third-order valence-corrected chi connectivity index (χ3v) is 5.59. The van der Waals surface area contributed by atoms with Gasteiger partial charge in [-0.3, -0.25) is 9.58 Å². The van der Waals surface area contributed by atoms with Crippen molar-refractivity contribution < 1.29 is 9.84 Å². The van der Waals surface area contributed by atoms with Gasteiger partial charge in [-0.1, -0.05) is 24.3 Å². The Labute approximate surface area is 142 Å². The molecule has 0 amide bonds. The van der Waals surface area contributed by atoms with Crippen molar-refractivity contribution in [3.05, 3.63) is 53.9 Å². The van der Waals surface area contributed by atoms with Crippen molar-refractivity contribution >= 4 is 0 Å². The SMILES string of the molecule is OC[C@]12CCOC[C@H]1CN(Cc1ccc(Cn3cccn3)cc1)C2. The molecular weight excluding hydrogens is 302 g/mol. The van der Waals surface area contributed by atoms with Crippen LogP contribution in [0.1, 0.15) is 17.5 Å². The number of benzene rings is 1. The molecule has 2 aromatic rings. The molecule has 128 valence electrons. The van der Waals surface area contributed by atoms with E-state index >= 15 is 0 Å². The lowest BCUT2D eigenvalue weighted by Crippen LogP contribution is -2.41. The first-order valence-electron chi connectivity index (χ1n) is 8.74. The Hall–Kier alpha value is -1.69. The Kier molecular flexibility index (Phi) is 4.39. The molecule has 0 bridgehead atoms. The molecule has 5 heteroatoms. The van der Waals surface area contributed by atoms with Crippen LogP contribution in [0.15, 0.2) is 42.7 Å². The molecule has 24 heavy (non-hydrogen) atoms. The highest BCUT2D eigenvalue weighted by molar-refractivity contribution is 5.23. The van der Waals surface area contributed by atoms with E-state index in [4.69, 9.17) is 4.74 Å². The van der Waals surface area contributed by atoms with E-state index in [1.807, 2.05) is 23.1 Å². The van der Waals surface area contributed by atoms with Crippen molar-refractivity contribution in [1.29, 1.82) is 0 Å². The van der Waals surface area contributed by atoms with E-state index in [0.717, 1.165) is 45.8 Å². The summed E-state index contributed by atoms with van der Waals surface area (Å²) in [6.07, 6.45) is 4.77. The lowest BCUT2D eigenvalue weighted by molar-refractivity contribution is -0.0417. The van der Waals surface area contributed by atoms with Gasteiger partial charge in [0.05, 0.1) is 19.8 Å². The molecule has 2 aliphatic rings. The molecule has 2 atom stereocenters. The average molecular weight is 327 g/mol. The van der Waals surface area contributed by atoms with Crippen LogP contribution in [-0.2, 0) is 17.8 Å². The molecule has 1 aromatic heterocycles. The zero-order valence-electron chi connectivity index (χ0n) is 14.0. The number of hydrogen-bond donors (Lipinski definition) is 1. The van der Waals surface area contributed by atoms with E-state index in [9.17, 15) is 5.11 Å². The molecule has 2 saturated heterocycles. The number of rotatable bonds is 5. The van der Waals surface area contributed by atoms with Crippen LogP contribution in [0.3, 0.4) is 0 Å². The van der Waals surface area contributed by atoms with Crippen LogP contribution in [0.4, 0.5) is 0 Å². The van der Waals surface area contributed by atoms with Crippen LogP contribution < -0.4 is 0 Å². The van der Waals surface area contributed by atoms with Gasteiger partial charge < -0.3 is 9.84 Å². The molecular formula is C19H25N3O2. The fourth-order valence-corrected chi connectivity index (χ4v) is 4.13. The monoisotopic (exact) mass is 327 g/mol. The van der Waals surface area contributed by atoms with Crippen LogP contribution in [-0.4, -0.2) is 52.7 Å². The van der Waals surface area contributed by atoms with E-state index in [1.165, 1.54) is 11.1 Å². The van der Waals surface area contributed by atoms with Gasteiger partial charge in [0.25, 0.3) is 0 Å². The lowest BCUT2D eigenvalue weighted by atomic mass is 9.75. The number of nitrogens with zero attached hydrogens (tertiary/aromatic N) is 3. The molecule has 2 fully saturated rings. The summed E-state index contributed by atoms with van der Waals surface area (Å²) in [6, 6.07) is 10.7. The van der Waals surface area contributed by atoms with Gasteiger partial charge in [0, 0.05) is 50.0 Å². The normalized spacial score (nSPS) is 27.3. The molecule has 0 aliphatic carbocycles. The second-order valence-corrected chi connectivity index (χ2v) is 7.23. The summed E-state index contributed by atoms with van der Waals surface area (Å²) in [7, 11) is 0. The number of hydrogen-bond acceptors (Lipinski definition) is 4. The third-order valence-electron chi connectivity index (χ3n) is 5.59. The van der Waals surface area contributed by atoms with Crippen LogP contribution in [0.2, 0.25) is 0 Å². The molecule has 1 N–H and O–H groups in total. The number of aromatic nitrogens is 2. The first-order valence-corrected chi connectivity index (χ1v) is 8.74. The first-order chi connectivity index (χ1) is 11.8. The molecule has 4 rings (SSSR count). The summed E-state index contributed by atoms with van der Waals surface area (Å²) >= 11 is 0. The van der Waals surface area contributed by atoms with Crippen molar-refractivity contribution in [1.82, 2.24) is 14.7 Å². The Balaban J connectivity index is 1.39. The van der Waals surface area contributed by atoms with Gasteiger partial charge in [-0.2, -0.15) is 5.10 Å². The lowest BCUT2D eigenvalue weighted by Gasteiger charge is -2.36. The van der Waals surface area contributed by atoms with Crippen molar-refractivity contribution in [3.8, 4) is 0 Å². The predicted octanol–water partition coefficient (Wildman–Crippen LogP) is 1.76. The van der Waals surface area contributed by atoms with Crippen LogP contribution in [0.25, 0.3) is 0 Å². The van der Waals surface area contributed by atoms with Crippen molar-refractivity contribution in [2.24, 2.45) is 11.3 Å². The quantitative estimate of drug-likeness (QED) is 0.909. The zero-order chi connectivity index (χ0) is 16.4. The highest BCUT2D eigenvalue weighted by atomic mass is 16.5. The highest BCUT2D eigenvalue weighted by Gasteiger charge is 2.47. The second-order valence-electron chi connectivity index (χ2n) is 7.23. The van der Waals surface area contributed by atoms with Crippen molar-refractivity contribution in [3.63, 3.8) is 0 Å². The van der Waals surface area contributed by atoms with Gasteiger partial charge in [0.15, 0.2) is 0 Å². The Bertz CT molecular complexity index is 656. The Morgan fingerprint density at radius 1 is 1.21 bits per heavy atom. The van der Waals surface area contributed by atoms with Crippen LogP contribution in [0.5, 0.6) is 0 Å². The van der Waals surface area contributed by atoms with Gasteiger partial charge in [-0.05, 0) is 23.6 Å². The first kappa shape index (κ1) is 15.8. The summed E-state index contributed by atoms with van der Waals surface area (Å²) in [6.45, 7) is 5.61. The number of ether oxygens (including phenoxy) is 1. The number of aliphatic hydroxyl groups is 1. The topological polar surface area (TPSA) is 50.5 Å². The van der Waals surface area contributed by atoms with Crippen LogP contribution in [0, 0.1) is 11.3 Å². The number of likely N-dealkylation sites (tertiary alicyclic amines) is 1. The summed E-state index contributed by atoms with van der Waals surface area (Å²) < 4.78 is 7.56. The largest absolute Gasteiger partial charge is 0.396 e. The fourth-order valence-electron chi connectivity index (χ4n) is 4.13. The Morgan fingerprint density at radius 3 is 2.67 bits per heavy atom. The molecule has 0 saturated carbocycles. The van der Waals surface area contributed by atoms with Gasteiger partial charge in [-0.15, -0.1) is 0 Å². The average Bonchev–Trinajstić information content (AvgIpc) is 3.24. The highest BCUT2D eigenvalue weighted by Crippen LogP contribution is 2.42. The minimum absolute atomic E-state index is 0.0539. The molecule has 2 aliphatic heterocycles. The maximum atomic E-state index is 9.90. The third kappa shape index (κ3) is 3.11. The van der Waals surface area contributed by atoms with E-state index in [0.29, 0.717) is 5.92 Å². The molecule has 0 radical (unpaired) electrons. The molecule has 0 spiro atoms. The second kappa shape index (κ2) is 6.67. The van der Waals surface area contributed by atoms with E-state index in [-0.39, 0.29) is 12.0 Å². The molecule has 5 nitrogen and oxygen atoms in total. The molecule has 1 aromatic carbocycles. The summed E-state index contributed by atoms with van der Waals surface area (Å²) in [5.41, 5.74) is 2.64. The maximum absolute atomic E-state index is 9.90. The number of fused-ring (bicyclic) bond motifs is 1. The van der Waals surface area contributed by atoms with Crippen molar-refractivity contribution in [2.45, 2.75) is 19.5 Å². The maximum Gasteiger partial charge on any atom is 0.0659 e. The predicted molar refractivity (Wildman–Crippen MR) is 91.5 cm³/mol. The van der Waals surface area contributed by atoms with Crippen molar-refractivity contribution in [2.75, 3.05) is 32.9 Å². The van der Waals surface area contributed by atoms with Gasteiger partial charge in [0.2, 0.25) is 0 Å².